The number of likely N-dealkylation sites (tertiary alicyclic amines) is 1. The highest BCUT2D eigenvalue weighted by molar-refractivity contribution is 5.70. The molecule has 1 spiro atoms. The number of piperidine rings is 1. The highest BCUT2D eigenvalue weighted by atomic mass is 16.8. The van der Waals surface area contributed by atoms with Gasteiger partial charge < -0.3 is 28.4 Å². The van der Waals surface area contributed by atoms with Crippen molar-refractivity contribution in [3.05, 3.63) is 0 Å². The van der Waals surface area contributed by atoms with E-state index in [1.807, 2.05) is 6.92 Å². The number of unbranched alkanes of at least 4 members (excludes halogenated alkanes) is 1. The van der Waals surface area contributed by atoms with Gasteiger partial charge >= 0.3 is 6.09 Å². The Balaban J connectivity index is 1.88. The van der Waals surface area contributed by atoms with E-state index in [2.05, 4.69) is 0 Å². The van der Waals surface area contributed by atoms with Gasteiger partial charge in [0.05, 0.1) is 18.7 Å². The van der Waals surface area contributed by atoms with Crippen LogP contribution in [0.4, 0.5) is 4.79 Å². The Morgan fingerprint density at radius 1 is 1.18 bits per heavy atom. The lowest BCUT2D eigenvalue weighted by atomic mass is 9.89. The Bertz CT molecular complexity index is 596. The molecule has 1 saturated carbocycles. The van der Waals surface area contributed by atoms with Crippen LogP contribution in [0, 0.1) is 0 Å². The van der Waals surface area contributed by atoms with Crippen LogP contribution in [-0.4, -0.2) is 80.3 Å². The van der Waals surface area contributed by atoms with Crippen molar-refractivity contribution in [3.63, 3.8) is 0 Å². The fourth-order valence-electron chi connectivity index (χ4n) is 4.18. The number of carbonyl (C=O) groups excluding carboxylic acids is 2. The number of carbonyl (C=O) groups is 2. The fourth-order valence-corrected chi connectivity index (χ4v) is 4.18. The number of rotatable bonds is 7. The molecule has 2 heterocycles. The number of hydrogen-bond acceptors (Lipinski definition) is 8. The molecule has 9 heteroatoms. The van der Waals surface area contributed by atoms with Crippen molar-refractivity contribution in [2.24, 2.45) is 0 Å². The zero-order valence-corrected chi connectivity index (χ0v) is 17.3. The van der Waals surface area contributed by atoms with E-state index in [1.54, 1.807) is 18.7 Å². The van der Waals surface area contributed by atoms with Gasteiger partial charge in [0.2, 0.25) is 11.6 Å². The summed E-state index contributed by atoms with van der Waals surface area (Å²) in [5, 5.41) is 0. The number of amides is 1. The monoisotopic (exact) mass is 401 g/mol. The third kappa shape index (κ3) is 3.28. The van der Waals surface area contributed by atoms with Crippen LogP contribution in [0.15, 0.2) is 0 Å². The maximum Gasteiger partial charge on any atom is 0.410 e. The molecule has 3 rings (SSSR count). The van der Waals surface area contributed by atoms with Gasteiger partial charge in [-0.05, 0) is 33.1 Å². The van der Waals surface area contributed by atoms with Crippen LogP contribution in [0.1, 0.15) is 46.5 Å². The third-order valence-electron chi connectivity index (χ3n) is 6.34. The maximum atomic E-state index is 12.8. The maximum absolute atomic E-state index is 12.8. The average molecular weight is 401 g/mol. The Hall–Kier alpha value is -1.42. The van der Waals surface area contributed by atoms with Crippen LogP contribution in [0.5, 0.6) is 0 Å². The van der Waals surface area contributed by atoms with Gasteiger partial charge in [-0.3, -0.25) is 9.69 Å². The molecule has 0 N–H and O–H groups in total. The number of methoxy groups -OCH3 is 2. The second kappa shape index (κ2) is 7.78. The molecule has 0 aromatic heterocycles. The van der Waals surface area contributed by atoms with Crippen molar-refractivity contribution in [3.8, 4) is 0 Å². The topological polar surface area (TPSA) is 92.8 Å². The number of ether oxygens (including phenoxy) is 6. The molecule has 9 nitrogen and oxygen atoms in total. The molecular formula is C19H31NO8. The summed E-state index contributed by atoms with van der Waals surface area (Å²) in [6, 6.07) is 0. The van der Waals surface area contributed by atoms with Crippen molar-refractivity contribution in [2.75, 3.05) is 27.4 Å². The smallest absolute Gasteiger partial charge is 0.410 e. The molecule has 160 valence electrons. The molecule has 5 atom stereocenters. The molecule has 5 unspecified atom stereocenters. The van der Waals surface area contributed by atoms with Gasteiger partial charge in [0.15, 0.2) is 6.10 Å². The molecule has 0 aromatic rings. The minimum atomic E-state index is -1.21. The summed E-state index contributed by atoms with van der Waals surface area (Å²) >= 11 is 0. The lowest BCUT2D eigenvalue weighted by Gasteiger charge is -2.57. The molecule has 3 fully saturated rings. The highest BCUT2D eigenvalue weighted by Crippen LogP contribution is 2.54. The number of fused-ring (bicyclic) bond motifs is 1. The predicted octanol–water partition coefficient (Wildman–Crippen LogP) is 1.82. The Morgan fingerprint density at radius 3 is 2.36 bits per heavy atom. The van der Waals surface area contributed by atoms with Crippen LogP contribution in [0.2, 0.25) is 0 Å². The molecular weight excluding hydrogens is 370 g/mol. The molecule has 0 bridgehead atoms. The first-order valence-electron chi connectivity index (χ1n) is 9.80. The van der Waals surface area contributed by atoms with E-state index in [0.29, 0.717) is 25.9 Å². The number of nitrogens with zero attached hydrogens (tertiary/aromatic N) is 1. The summed E-state index contributed by atoms with van der Waals surface area (Å²) in [7, 11) is 3.01. The van der Waals surface area contributed by atoms with Crippen molar-refractivity contribution < 1.29 is 38.0 Å². The summed E-state index contributed by atoms with van der Waals surface area (Å²) < 4.78 is 34.5. The van der Waals surface area contributed by atoms with Crippen molar-refractivity contribution in [1.29, 1.82) is 0 Å². The molecule has 28 heavy (non-hydrogen) atoms. The van der Waals surface area contributed by atoms with E-state index >= 15 is 0 Å². The minimum Gasteiger partial charge on any atom is -0.459 e. The van der Waals surface area contributed by atoms with Gasteiger partial charge in [0.1, 0.15) is 12.2 Å². The summed E-state index contributed by atoms with van der Waals surface area (Å²) in [5.74, 6) is -2.42. The minimum absolute atomic E-state index is 0.257. The van der Waals surface area contributed by atoms with Gasteiger partial charge in [-0.25, -0.2) is 4.79 Å². The van der Waals surface area contributed by atoms with Crippen molar-refractivity contribution in [2.45, 2.75) is 81.9 Å². The molecule has 2 aliphatic heterocycles. The Labute approximate surface area is 165 Å². The van der Waals surface area contributed by atoms with Gasteiger partial charge in [-0.1, -0.05) is 13.3 Å². The zero-order chi connectivity index (χ0) is 20.6. The first-order valence-corrected chi connectivity index (χ1v) is 9.80. The van der Waals surface area contributed by atoms with Crippen molar-refractivity contribution >= 4 is 12.6 Å². The molecule has 2 saturated heterocycles. The first kappa shape index (κ1) is 21.3. The summed E-state index contributed by atoms with van der Waals surface area (Å²) in [6.45, 7) is 6.47. The summed E-state index contributed by atoms with van der Waals surface area (Å²) in [4.78, 5) is 25.7. The van der Waals surface area contributed by atoms with Crippen LogP contribution < -0.4 is 0 Å². The zero-order valence-electron chi connectivity index (χ0n) is 17.3. The normalized spacial score (nSPS) is 38.6. The lowest BCUT2D eigenvalue weighted by molar-refractivity contribution is -0.459. The van der Waals surface area contributed by atoms with Crippen LogP contribution in [-0.2, 0) is 33.2 Å². The molecule has 0 aromatic carbocycles. The number of hydrogen-bond donors (Lipinski definition) is 0. The predicted molar refractivity (Wildman–Crippen MR) is 96.4 cm³/mol. The lowest BCUT2D eigenvalue weighted by Crippen LogP contribution is -2.74. The third-order valence-corrected chi connectivity index (χ3v) is 6.34. The van der Waals surface area contributed by atoms with Crippen LogP contribution in [0.3, 0.4) is 0 Å². The molecule has 1 aliphatic carbocycles. The molecule has 0 radical (unpaired) electrons. The summed E-state index contributed by atoms with van der Waals surface area (Å²) in [6.07, 6.45) is 0.853. The van der Waals surface area contributed by atoms with Gasteiger partial charge in [0, 0.05) is 14.2 Å². The van der Waals surface area contributed by atoms with Crippen LogP contribution in [0.25, 0.3) is 0 Å². The molecule has 3 aliphatic rings. The van der Waals surface area contributed by atoms with E-state index in [-0.39, 0.29) is 6.54 Å². The highest BCUT2D eigenvalue weighted by Gasteiger charge is 2.69. The van der Waals surface area contributed by atoms with E-state index < -0.39 is 41.5 Å². The largest absolute Gasteiger partial charge is 0.459 e. The van der Waals surface area contributed by atoms with Crippen LogP contribution >= 0.6 is 0 Å². The van der Waals surface area contributed by atoms with Gasteiger partial charge in [-0.2, -0.15) is 0 Å². The fraction of sp³-hybridized carbons (Fsp3) is 0.895. The first-order chi connectivity index (χ1) is 13.3. The average Bonchev–Trinajstić information content (AvgIpc) is 3.47. The molecule has 1 amide bonds. The van der Waals surface area contributed by atoms with Gasteiger partial charge in [-0.15, -0.1) is 0 Å². The standard InChI is InChI=1S/C19H31NO8/c1-6-7-10-25-16(22)20-11-13-14(15(26-12-21)19(20)8-9-19)28-18(3,24-5)17(2,23-4)27-13/h12-15H,6-11H2,1-5H3. The second-order valence-electron chi connectivity index (χ2n) is 7.87. The quantitative estimate of drug-likeness (QED) is 0.471. The van der Waals surface area contributed by atoms with E-state index in [9.17, 15) is 9.59 Å². The summed E-state index contributed by atoms with van der Waals surface area (Å²) in [5.41, 5.74) is -0.635. The van der Waals surface area contributed by atoms with E-state index in [4.69, 9.17) is 28.4 Å². The van der Waals surface area contributed by atoms with Crippen molar-refractivity contribution in [1.82, 2.24) is 4.90 Å². The van der Waals surface area contributed by atoms with Gasteiger partial charge in [0.25, 0.3) is 6.47 Å². The Morgan fingerprint density at radius 2 is 1.82 bits per heavy atom. The van der Waals surface area contributed by atoms with E-state index in [0.717, 1.165) is 12.8 Å². The van der Waals surface area contributed by atoms with E-state index in [1.165, 1.54) is 14.2 Å². The Kier molecular flexibility index (Phi) is 5.91. The second-order valence-corrected chi connectivity index (χ2v) is 7.87. The SMILES string of the molecule is CCCCOC(=O)N1CC2OC(C)(OC)C(C)(OC)OC2C(OC=O)C12CC2.